The normalized spacial score (nSPS) is 13.6. The number of nitrogens with one attached hydrogen (secondary N) is 1. The minimum atomic E-state index is -0.873. The van der Waals surface area contributed by atoms with Crippen molar-refractivity contribution in [2.45, 2.75) is 40.0 Å². The van der Waals surface area contributed by atoms with E-state index in [9.17, 15) is 9.59 Å². The minimum Gasteiger partial charge on any atom is -0.481 e. The number of benzene rings is 1. The number of hydrogen-bond acceptors (Lipinski definition) is 2. The number of carboxylic acid groups (broad SMARTS) is 1. The van der Waals surface area contributed by atoms with Crippen molar-refractivity contribution < 1.29 is 14.7 Å². The first kappa shape index (κ1) is 16.7. The van der Waals surface area contributed by atoms with Crippen LogP contribution in [0, 0.1) is 12.3 Å². The molecule has 1 amide bonds. The Hall–Kier alpha value is -1.36. The number of aryl methyl sites for hydroxylation is 1. The van der Waals surface area contributed by atoms with Gasteiger partial charge in [-0.3, -0.25) is 9.59 Å². The van der Waals surface area contributed by atoms with Crippen LogP contribution in [0.5, 0.6) is 0 Å². The largest absolute Gasteiger partial charge is 0.481 e. The van der Waals surface area contributed by atoms with Gasteiger partial charge >= 0.3 is 5.97 Å². The number of aliphatic carboxylic acids is 1. The van der Waals surface area contributed by atoms with Crippen molar-refractivity contribution in [1.29, 1.82) is 0 Å². The van der Waals surface area contributed by atoms with E-state index < -0.39 is 11.4 Å². The molecule has 0 heterocycles. The molecular weight excluding hydrogens is 322 g/mol. The second-order valence-corrected chi connectivity index (χ2v) is 6.33. The van der Waals surface area contributed by atoms with E-state index >= 15 is 0 Å². The predicted molar refractivity (Wildman–Crippen MR) is 82.8 cm³/mol. The second kappa shape index (κ2) is 6.88. The molecule has 0 aliphatic rings. The molecule has 0 saturated heterocycles. The van der Waals surface area contributed by atoms with Gasteiger partial charge in [-0.25, -0.2) is 0 Å². The van der Waals surface area contributed by atoms with E-state index in [0.717, 1.165) is 15.7 Å². The molecule has 1 atom stereocenters. The Morgan fingerprint density at radius 2 is 2.00 bits per heavy atom. The number of rotatable bonds is 6. The maximum Gasteiger partial charge on any atom is 0.303 e. The van der Waals surface area contributed by atoms with Crippen molar-refractivity contribution in [1.82, 2.24) is 0 Å². The van der Waals surface area contributed by atoms with E-state index in [1.807, 2.05) is 39.0 Å². The number of halogens is 1. The number of carbonyl (C=O) groups is 2. The van der Waals surface area contributed by atoms with Gasteiger partial charge in [0.15, 0.2) is 0 Å². The fraction of sp³-hybridized carbons (Fsp3) is 0.467. The van der Waals surface area contributed by atoms with Gasteiger partial charge in [0.25, 0.3) is 0 Å². The lowest BCUT2D eigenvalue weighted by atomic mass is 9.80. The van der Waals surface area contributed by atoms with Crippen LogP contribution >= 0.6 is 15.9 Å². The van der Waals surface area contributed by atoms with Gasteiger partial charge in [-0.2, -0.15) is 0 Å². The Balaban J connectivity index is 2.73. The van der Waals surface area contributed by atoms with E-state index in [1.165, 1.54) is 0 Å². The lowest BCUT2D eigenvalue weighted by molar-refractivity contribution is -0.140. The van der Waals surface area contributed by atoms with E-state index in [-0.39, 0.29) is 18.7 Å². The van der Waals surface area contributed by atoms with Crippen LogP contribution in [0.4, 0.5) is 5.69 Å². The summed E-state index contributed by atoms with van der Waals surface area (Å²) in [7, 11) is 0. The maximum absolute atomic E-state index is 12.1. The topological polar surface area (TPSA) is 66.4 Å². The number of carboxylic acids is 1. The van der Waals surface area contributed by atoms with Crippen LogP contribution in [0.25, 0.3) is 0 Å². The molecule has 1 aromatic carbocycles. The minimum absolute atomic E-state index is 0.00373. The molecule has 0 saturated carbocycles. The molecule has 4 nitrogen and oxygen atoms in total. The zero-order valence-electron chi connectivity index (χ0n) is 12.0. The quantitative estimate of drug-likeness (QED) is 0.822. The monoisotopic (exact) mass is 341 g/mol. The van der Waals surface area contributed by atoms with E-state index in [2.05, 4.69) is 21.2 Å². The van der Waals surface area contributed by atoms with Crippen molar-refractivity contribution in [3.05, 3.63) is 28.2 Å². The highest BCUT2D eigenvalue weighted by Gasteiger charge is 2.28. The van der Waals surface area contributed by atoms with Crippen LogP contribution in [0.15, 0.2) is 22.7 Å². The molecule has 0 spiro atoms. The van der Waals surface area contributed by atoms with Crippen molar-refractivity contribution in [2.75, 3.05) is 5.32 Å². The van der Waals surface area contributed by atoms with Crippen molar-refractivity contribution in [3.8, 4) is 0 Å². The zero-order chi connectivity index (χ0) is 15.3. The first-order chi connectivity index (χ1) is 9.25. The summed E-state index contributed by atoms with van der Waals surface area (Å²) in [5, 5.41) is 11.8. The van der Waals surface area contributed by atoms with Crippen molar-refractivity contribution in [2.24, 2.45) is 5.41 Å². The standard InChI is InChI=1S/C15H20BrNO3/c1-4-15(3,9-14(19)20)8-13(18)17-12-6-5-11(16)7-10(12)2/h5-7H,4,8-9H2,1-3H3,(H,17,18)(H,19,20)/t15-/m0/s1. The van der Waals surface area contributed by atoms with Crippen LogP contribution < -0.4 is 5.32 Å². The van der Waals surface area contributed by atoms with Crippen LogP contribution in [0.1, 0.15) is 38.7 Å². The SMILES string of the molecule is CC[C@](C)(CC(=O)O)CC(=O)Nc1ccc(Br)cc1C. The van der Waals surface area contributed by atoms with Crippen LogP contribution in [-0.4, -0.2) is 17.0 Å². The molecule has 1 rings (SSSR count). The Labute approximate surface area is 127 Å². The summed E-state index contributed by atoms with van der Waals surface area (Å²) in [4.78, 5) is 23.0. The molecule has 1 aromatic rings. The van der Waals surface area contributed by atoms with Gasteiger partial charge in [0.05, 0.1) is 6.42 Å². The van der Waals surface area contributed by atoms with Gasteiger partial charge in [-0.15, -0.1) is 0 Å². The third-order valence-electron chi connectivity index (χ3n) is 3.48. The third kappa shape index (κ3) is 4.96. The Morgan fingerprint density at radius 3 is 2.50 bits per heavy atom. The van der Waals surface area contributed by atoms with Crippen LogP contribution in [-0.2, 0) is 9.59 Å². The van der Waals surface area contributed by atoms with Gasteiger partial charge < -0.3 is 10.4 Å². The summed E-state index contributed by atoms with van der Waals surface area (Å²) in [5.41, 5.74) is 1.20. The number of carbonyl (C=O) groups excluding carboxylic acids is 1. The van der Waals surface area contributed by atoms with E-state index in [1.54, 1.807) is 0 Å². The van der Waals surface area contributed by atoms with Crippen molar-refractivity contribution in [3.63, 3.8) is 0 Å². The van der Waals surface area contributed by atoms with Gasteiger partial charge in [0.1, 0.15) is 0 Å². The highest BCUT2D eigenvalue weighted by atomic mass is 79.9. The summed E-state index contributed by atoms with van der Waals surface area (Å²) in [5.74, 6) is -1.03. The highest BCUT2D eigenvalue weighted by molar-refractivity contribution is 9.10. The smallest absolute Gasteiger partial charge is 0.303 e. The van der Waals surface area contributed by atoms with Gasteiger partial charge in [-0.1, -0.05) is 29.8 Å². The van der Waals surface area contributed by atoms with E-state index in [0.29, 0.717) is 6.42 Å². The molecule has 5 heteroatoms. The Morgan fingerprint density at radius 1 is 1.35 bits per heavy atom. The fourth-order valence-electron chi connectivity index (χ4n) is 2.03. The summed E-state index contributed by atoms with van der Waals surface area (Å²) in [6.45, 7) is 5.65. The van der Waals surface area contributed by atoms with Gasteiger partial charge in [0, 0.05) is 16.6 Å². The lowest BCUT2D eigenvalue weighted by Crippen LogP contribution is -2.27. The molecule has 0 aliphatic heterocycles. The van der Waals surface area contributed by atoms with E-state index in [4.69, 9.17) is 5.11 Å². The van der Waals surface area contributed by atoms with Crippen LogP contribution in [0.2, 0.25) is 0 Å². The number of anilines is 1. The molecule has 20 heavy (non-hydrogen) atoms. The molecule has 0 unspecified atom stereocenters. The average molecular weight is 342 g/mol. The fourth-order valence-corrected chi connectivity index (χ4v) is 2.50. The van der Waals surface area contributed by atoms with Crippen molar-refractivity contribution >= 4 is 33.5 Å². The molecule has 2 N–H and O–H groups in total. The van der Waals surface area contributed by atoms with Gasteiger partial charge in [-0.05, 0) is 42.5 Å². The second-order valence-electron chi connectivity index (χ2n) is 5.42. The summed E-state index contributed by atoms with van der Waals surface area (Å²) in [6, 6.07) is 5.61. The highest BCUT2D eigenvalue weighted by Crippen LogP contribution is 2.31. The first-order valence-corrected chi connectivity index (χ1v) is 7.33. The van der Waals surface area contributed by atoms with Gasteiger partial charge in [0.2, 0.25) is 5.91 Å². The lowest BCUT2D eigenvalue weighted by Gasteiger charge is -2.25. The Kier molecular flexibility index (Phi) is 5.74. The summed E-state index contributed by atoms with van der Waals surface area (Å²) >= 11 is 3.37. The number of amides is 1. The average Bonchev–Trinajstić information content (AvgIpc) is 2.31. The molecule has 0 bridgehead atoms. The first-order valence-electron chi connectivity index (χ1n) is 6.53. The molecular formula is C15H20BrNO3. The molecule has 110 valence electrons. The zero-order valence-corrected chi connectivity index (χ0v) is 13.6. The Bertz CT molecular complexity index is 516. The summed E-state index contributed by atoms with van der Waals surface area (Å²) in [6.07, 6.45) is 0.841. The third-order valence-corrected chi connectivity index (χ3v) is 3.97. The predicted octanol–water partition coefficient (Wildman–Crippen LogP) is 3.98. The summed E-state index contributed by atoms with van der Waals surface area (Å²) < 4.78 is 0.956. The molecule has 0 aromatic heterocycles. The number of hydrogen-bond donors (Lipinski definition) is 2. The maximum atomic E-state index is 12.1. The van der Waals surface area contributed by atoms with Crippen LogP contribution in [0.3, 0.4) is 0 Å². The molecule has 0 aliphatic carbocycles. The molecule has 0 fully saturated rings. The molecule has 0 radical (unpaired) electrons.